The molecule has 0 bridgehead atoms. The van der Waals surface area contributed by atoms with Gasteiger partial charge in [-0.2, -0.15) is 0 Å². The molecule has 0 aromatic carbocycles. The van der Waals surface area contributed by atoms with Gasteiger partial charge in [0.05, 0.1) is 19.3 Å². The molecule has 1 aromatic rings. The van der Waals surface area contributed by atoms with Gasteiger partial charge < -0.3 is 24.1 Å². The van der Waals surface area contributed by atoms with Crippen LogP contribution in [0.15, 0.2) is 57.3 Å². The minimum Gasteiger partial charge on any atom is -0.496 e. The number of aliphatic hydroxyl groups excluding tert-OH is 1. The van der Waals surface area contributed by atoms with Crippen molar-refractivity contribution in [1.29, 1.82) is 0 Å². The zero-order valence-corrected chi connectivity index (χ0v) is 17.8. The summed E-state index contributed by atoms with van der Waals surface area (Å²) in [6.45, 7) is 8.79. The highest BCUT2D eigenvalue weighted by atomic mass is 16.6. The van der Waals surface area contributed by atoms with Crippen molar-refractivity contribution in [3.05, 3.63) is 69.8 Å². The van der Waals surface area contributed by atoms with Crippen LogP contribution in [-0.4, -0.2) is 40.7 Å². The van der Waals surface area contributed by atoms with E-state index >= 15 is 0 Å². The van der Waals surface area contributed by atoms with Gasteiger partial charge in [0.2, 0.25) is 0 Å². The molecule has 2 N–H and O–H groups in total. The molecule has 6 heteroatoms. The zero-order chi connectivity index (χ0) is 21.8. The van der Waals surface area contributed by atoms with E-state index in [1.165, 1.54) is 13.2 Å². The van der Waals surface area contributed by atoms with Gasteiger partial charge in [-0.05, 0) is 46.8 Å². The Labute approximate surface area is 171 Å². The van der Waals surface area contributed by atoms with Crippen LogP contribution < -0.4 is 10.4 Å². The minimum atomic E-state index is -1.30. The summed E-state index contributed by atoms with van der Waals surface area (Å²) in [6, 6.07) is 1.31. The van der Waals surface area contributed by atoms with Crippen LogP contribution in [0, 0.1) is 6.92 Å². The summed E-state index contributed by atoms with van der Waals surface area (Å²) >= 11 is 0. The molecule has 0 radical (unpaired) electrons. The molecule has 0 unspecified atom stereocenters. The van der Waals surface area contributed by atoms with E-state index in [1.54, 1.807) is 39.0 Å². The van der Waals surface area contributed by atoms with E-state index in [1.807, 2.05) is 38.2 Å². The largest absolute Gasteiger partial charge is 0.496 e. The normalized spacial score (nSPS) is 30.8. The Balaban J connectivity index is 2.04. The Bertz CT molecular complexity index is 902. The van der Waals surface area contributed by atoms with Crippen molar-refractivity contribution >= 4 is 6.08 Å². The third-order valence-electron chi connectivity index (χ3n) is 5.22. The van der Waals surface area contributed by atoms with Gasteiger partial charge in [-0.15, -0.1) is 0 Å². The molecule has 0 amide bonds. The fourth-order valence-corrected chi connectivity index (χ4v) is 3.38. The lowest BCUT2D eigenvalue weighted by atomic mass is 9.86. The topological polar surface area (TPSA) is 89.1 Å². The second kappa shape index (κ2) is 8.95. The number of hydrogen-bond donors (Lipinski definition) is 2. The van der Waals surface area contributed by atoms with Gasteiger partial charge in [0.25, 0.3) is 0 Å². The van der Waals surface area contributed by atoms with E-state index in [0.717, 1.165) is 11.1 Å². The summed E-state index contributed by atoms with van der Waals surface area (Å²) in [5, 5.41) is 20.8. The van der Waals surface area contributed by atoms with Crippen LogP contribution in [0.5, 0.6) is 5.75 Å². The lowest BCUT2D eigenvalue weighted by molar-refractivity contribution is -0.0579. The van der Waals surface area contributed by atoms with Gasteiger partial charge in [0, 0.05) is 5.56 Å². The Kier molecular flexibility index (Phi) is 7.06. The average molecular weight is 402 g/mol. The van der Waals surface area contributed by atoms with E-state index in [-0.39, 0.29) is 0 Å². The molecule has 0 spiro atoms. The number of hydrogen-bond acceptors (Lipinski definition) is 6. The van der Waals surface area contributed by atoms with E-state index in [0.29, 0.717) is 11.5 Å². The van der Waals surface area contributed by atoms with Crippen molar-refractivity contribution in [2.24, 2.45) is 0 Å². The number of methoxy groups -OCH3 is 1. The van der Waals surface area contributed by atoms with E-state index in [9.17, 15) is 15.0 Å². The van der Waals surface area contributed by atoms with Crippen LogP contribution in [-0.2, 0) is 4.74 Å². The van der Waals surface area contributed by atoms with Crippen LogP contribution in [0.25, 0.3) is 6.08 Å². The maximum atomic E-state index is 11.5. The van der Waals surface area contributed by atoms with Gasteiger partial charge in [-0.1, -0.05) is 36.0 Å². The van der Waals surface area contributed by atoms with Gasteiger partial charge in [0.1, 0.15) is 28.8 Å². The predicted molar refractivity (Wildman–Crippen MR) is 113 cm³/mol. The summed E-state index contributed by atoms with van der Waals surface area (Å²) in [7, 11) is 1.51. The number of allylic oxidation sites excluding steroid dienone is 6. The molecule has 1 fully saturated rings. The molecule has 4 atom stereocenters. The van der Waals surface area contributed by atoms with Crippen molar-refractivity contribution in [2.75, 3.05) is 7.11 Å². The SMILES string of the molecule is COc1cc(=O)oc(C=CC=CC=CC(C)=C[C@]2(C)O[C@H](C)[C@](C)(O)[C@@H]2O)c1C. The number of rotatable bonds is 6. The highest BCUT2D eigenvalue weighted by molar-refractivity contribution is 5.52. The molecule has 1 saturated heterocycles. The second-order valence-corrected chi connectivity index (χ2v) is 7.69. The lowest BCUT2D eigenvalue weighted by Crippen LogP contribution is -2.47. The second-order valence-electron chi connectivity index (χ2n) is 7.69. The highest BCUT2D eigenvalue weighted by Gasteiger charge is 2.55. The van der Waals surface area contributed by atoms with Crippen molar-refractivity contribution in [1.82, 2.24) is 0 Å². The molecule has 2 rings (SSSR count). The standard InChI is InChI=1S/C23H30O6/c1-15(14-22(4)21(25)23(5,26)17(3)29-22)11-9-7-8-10-12-18-16(2)19(27-6)13-20(24)28-18/h7-14,17,21,25-26H,1-6H3/t17-,21-,22+,23+/m1/s1. The Morgan fingerprint density at radius 1 is 1.24 bits per heavy atom. The maximum absolute atomic E-state index is 11.5. The molecule has 158 valence electrons. The van der Waals surface area contributed by atoms with Crippen LogP contribution in [0.4, 0.5) is 0 Å². The monoisotopic (exact) mass is 402 g/mol. The maximum Gasteiger partial charge on any atom is 0.339 e. The lowest BCUT2D eigenvalue weighted by Gasteiger charge is -2.28. The Hall–Kier alpha value is -2.41. The fourth-order valence-electron chi connectivity index (χ4n) is 3.38. The van der Waals surface area contributed by atoms with Crippen LogP contribution in [0.2, 0.25) is 0 Å². The van der Waals surface area contributed by atoms with Crippen molar-refractivity contribution in [3.63, 3.8) is 0 Å². The van der Waals surface area contributed by atoms with Crippen molar-refractivity contribution in [2.45, 2.75) is 58.0 Å². The minimum absolute atomic E-state index is 0.445. The molecule has 0 saturated carbocycles. The highest BCUT2D eigenvalue weighted by Crippen LogP contribution is 2.39. The number of aliphatic hydroxyl groups is 2. The fraction of sp³-hybridized carbons (Fsp3) is 0.435. The first-order valence-electron chi connectivity index (χ1n) is 9.49. The molecule has 1 aliphatic heterocycles. The van der Waals surface area contributed by atoms with Crippen LogP contribution in [0.3, 0.4) is 0 Å². The van der Waals surface area contributed by atoms with E-state index in [2.05, 4.69) is 0 Å². The Morgan fingerprint density at radius 3 is 2.48 bits per heavy atom. The molecule has 1 aliphatic rings. The van der Waals surface area contributed by atoms with E-state index in [4.69, 9.17) is 13.9 Å². The third kappa shape index (κ3) is 5.15. The smallest absolute Gasteiger partial charge is 0.339 e. The van der Waals surface area contributed by atoms with Crippen molar-refractivity contribution < 1.29 is 24.1 Å². The van der Waals surface area contributed by atoms with Gasteiger partial charge in [-0.3, -0.25) is 0 Å². The van der Waals surface area contributed by atoms with Gasteiger partial charge in [0.15, 0.2) is 0 Å². The van der Waals surface area contributed by atoms with Gasteiger partial charge >= 0.3 is 5.63 Å². The number of ether oxygens (including phenoxy) is 2. The summed E-state index contributed by atoms with van der Waals surface area (Å²) in [5.74, 6) is 0.934. The molecule has 1 aromatic heterocycles. The first-order chi connectivity index (χ1) is 13.5. The predicted octanol–water partition coefficient (Wildman–Crippen LogP) is 3.32. The first kappa shape index (κ1) is 22.9. The summed E-state index contributed by atoms with van der Waals surface area (Å²) in [6.07, 6.45) is 11.1. The summed E-state index contributed by atoms with van der Waals surface area (Å²) in [4.78, 5) is 11.5. The van der Waals surface area contributed by atoms with E-state index < -0.39 is 29.0 Å². The van der Waals surface area contributed by atoms with Crippen LogP contribution in [0.1, 0.15) is 39.0 Å². The zero-order valence-electron chi connectivity index (χ0n) is 17.8. The molecule has 6 nitrogen and oxygen atoms in total. The molecule has 29 heavy (non-hydrogen) atoms. The van der Waals surface area contributed by atoms with Crippen molar-refractivity contribution in [3.8, 4) is 5.75 Å². The first-order valence-corrected chi connectivity index (χ1v) is 9.49. The third-order valence-corrected chi connectivity index (χ3v) is 5.22. The average Bonchev–Trinajstić information content (AvgIpc) is 2.79. The summed E-state index contributed by atoms with van der Waals surface area (Å²) < 4.78 is 16.1. The molecule has 2 heterocycles. The Morgan fingerprint density at radius 2 is 1.90 bits per heavy atom. The molecular formula is C23H30O6. The van der Waals surface area contributed by atoms with Gasteiger partial charge in [-0.25, -0.2) is 4.79 Å². The molecular weight excluding hydrogens is 372 g/mol. The van der Waals surface area contributed by atoms with Crippen LogP contribution >= 0.6 is 0 Å². The molecule has 0 aliphatic carbocycles. The summed E-state index contributed by atoms with van der Waals surface area (Å²) in [5.41, 5.74) is -1.08. The quantitative estimate of drug-likeness (QED) is 0.710.